The van der Waals surface area contributed by atoms with Gasteiger partial charge in [-0.1, -0.05) is 23.4 Å². The number of hydrogen-bond acceptors (Lipinski definition) is 6. The molecule has 3 rings (SSSR count). The summed E-state index contributed by atoms with van der Waals surface area (Å²) in [5.41, 5.74) is -0.330. The molecule has 0 fully saturated rings. The summed E-state index contributed by atoms with van der Waals surface area (Å²) in [5.74, 6) is -1.06. The molecule has 0 saturated heterocycles. The van der Waals surface area contributed by atoms with Gasteiger partial charge in [0.15, 0.2) is 11.5 Å². The number of fused-ring (bicyclic) bond motifs is 1. The van der Waals surface area contributed by atoms with E-state index in [9.17, 15) is 14.4 Å². The quantitative estimate of drug-likeness (QED) is 0.529. The highest BCUT2D eigenvalue weighted by Crippen LogP contribution is 2.26. The fourth-order valence-electron chi connectivity index (χ4n) is 2.39. The molecular formula is C16H13ClN4O4S. The van der Waals surface area contributed by atoms with Gasteiger partial charge < -0.3 is 5.11 Å². The van der Waals surface area contributed by atoms with Crippen molar-refractivity contribution in [1.82, 2.24) is 19.1 Å². The lowest BCUT2D eigenvalue weighted by atomic mass is 10.2. The van der Waals surface area contributed by atoms with Crippen molar-refractivity contribution in [2.24, 2.45) is 14.1 Å². The standard InChI is InChI=1S/C16H13ClN4O4S/c1-20-13-11(15(24)21(2)16(20)25)14(26-7-10(22)23)19-12(18-13)8-3-5-9(17)6-4-8/h3-6H,7H2,1-2H3,(H,22,23). The summed E-state index contributed by atoms with van der Waals surface area (Å²) in [6, 6.07) is 6.73. The molecule has 8 nitrogen and oxygen atoms in total. The number of carboxylic acid groups (broad SMARTS) is 1. The molecule has 134 valence electrons. The zero-order valence-electron chi connectivity index (χ0n) is 13.8. The van der Waals surface area contributed by atoms with Crippen molar-refractivity contribution in [3.05, 3.63) is 50.1 Å². The molecule has 1 N–H and O–H groups in total. The molecule has 2 heterocycles. The Morgan fingerprint density at radius 2 is 1.81 bits per heavy atom. The maximum Gasteiger partial charge on any atom is 0.332 e. The zero-order valence-corrected chi connectivity index (χ0v) is 15.3. The second-order valence-corrected chi connectivity index (χ2v) is 6.85. The Balaban J connectivity index is 2.35. The Kier molecular flexibility index (Phi) is 4.84. The van der Waals surface area contributed by atoms with Crippen molar-refractivity contribution in [1.29, 1.82) is 0 Å². The minimum absolute atomic E-state index is 0.110. The molecule has 0 aliphatic carbocycles. The van der Waals surface area contributed by atoms with Gasteiger partial charge >= 0.3 is 11.7 Å². The third kappa shape index (κ3) is 3.23. The number of benzene rings is 1. The average molecular weight is 393 g/mol. The topological polar surface area (TPSA) is 107 Å². The highest BCUT2D eigenvalue weighted by Gasteiger charge is 2.18. The van der Waals surface area contributed by atoms with Gasteiger partial charge in [0.25, 0.3) is 5.56 Å². The van der Waals surface area contributed by atoms with Gasteiger partial charge in [-0.25, -0.2) is 14.8 Å². The third-order valence-corrected chi connectivity index (χ3v) is 4.91. The van der Waals surface area contributed by atoms with Gasteiger partial charge in [-0.2, -0.15) is 0 Å². The second kappa shape index (κ2) is 6.93. The summed E-state index contributed by atoms with van der Waals surface area (Å²) in [6.45, 7) is 0. The first-order valence-corrected chi connectivity index (χ1v) is 8.74. The third-order valence-electron chi connectivity index (χ3n) is 3.70. The number of thioether (sulfide) groups is 1. The lowest BCUT2D eigenvalue weighted by Crippen LogP contribution is -2.37. The van der Waals surface area contributed by atoms with E-state index < -0.39 is 17.2 Å². The molecule has 0 amide bonds. The van der Waals surface area contributed by atoms with Gasteiger partial charge in [-0.05, 0) is 24.3 Å². The Bertz CT molecular complexity index is 1140. The number of rotatable bonds is 4. The van der Waals surface area contributed by atoms with Crippen LogP contribution in [-0.4, -0.2) is 35.9 Å². The molecule has 0 aliphatic heterocycles. The molecule has 0 unspecified atom stereocenters. The highest BCUT2D eigenvalue weighted by atomic mass is 35.5. The number of carbonyl (C=O) groups is 1. The van der Waals surface area contributed by atoms with Gasteiger partial charge in [-0.15, -0.1) is 0 Å². The predicted octanol–water partition coefficient (Wildman–Crippen LogP) is 1.52. The van der Waals surface area contributed by atoms with Crippen LogP contribution in [0.15, 0.2) is 38.9 Å². The van der Waals surface area contributed by atoms with Gasteiger partial charge in [-0.3, -0.25) is 18.7 Å². The number of aryl methyl sites for hydroxylation is 1. The van der Waals surface area contributed by atoms with Crippen LogP contribution in [0.3, 0.4) is 0 Å². The van der Waals surface area contributed by atoms with Crippen molar-refractivity contribution in [3.63, 3.8) is 0 Å². The van der Waals surface area contributed by atoms with E-state index >= 15 is 0 Å². The van der Waals surface area contributed by atoms with E-state index in [1.807, 2.05) is 0 Å². The smallest absolute Gasteiger partial charge is 0.332 e. The van der Waals surface area contributed by atoms with Crippen LogP contribution in [0.25, 0.3) is 22.4 Å². The van der Waals surface area contributed by atoms with Crippen LogP contribution in [-0.2, 0) is 18.9 Å². The van der Waals surface area contributed by atoms with Crippen LogP contribution in [0, 0.1) is 0 Å². The molecule has 3 aromatic rings. The molecule has 0 saturated carbocycles. The summed E-state index contributed by atoms with van der Waals surface area (Å²) in [4.78, 5) is 44.4. The fraction of sp³-hybridized carbons (Fsp3) is 0.188. The molecule has 0 bridgehead atoms. The average Bonchev–Trinajstić information content (AvgIpc) is 2.62. The van der Waals surface area contributed by atoms with Crippen LogP contribution >= 0.6 is 23.4 Å². The molecule has 1 aromatic carbocycles. The maximum absolute atomic E-state index is 12.6. The summed E-state index contributed by atoms with van der Waals surface area (Å²) >= 11 is 6.80. The van der Waals surface area contributed by atoms with Crippen LogP contribution in [0.4, 0.5) is 0 Å². The second-order valence-electron chi connectivity index (χ2n) is 5.45. The molecule has 0 aliphatic rings. The van der Waals surface area contributed by atoms with Crippen LogP contribution in [0.5, 0.6) is 0 Å². The highest BCUT2D eigenvalue weighted by molar-refractivity contribution is 8.00. The molecule has 26 heavy (non-hydrogen) atoms. The number of nitrogens with zero attached hydrogens (tertiary/aromatic N) is 4. The SMILES string of the molecule is Cn1c(=O)c2c(SCC(=O)O)nc(-c3ccc(Cl)cc3)nc2n(C)c1=O. The van der Waals surface area contributed by atoms with Crippen molar-refractivity contribution in [2.45, 2.75) is 5.03 Å². The number of aliphatic carboxylic acids is 1. The molecular weight excluding hydrogens is 380 g/mol. The summed E-state index contributed by atoms with van der Waals surface area (Å²) in [7, 11) is 2.84. The minimum atomic E-state index is -1.04. The summed E-state index contributed by atoms with van der Waals surface area (Å²) in [5, 5.41) is 9.82. The lowest BCUT2D eigenvalue weighted by Gasteiger charge is -2.11. The van der Waals surface area contributed by atoms with E-state index in [2.05, 4.69) is 9.97 Å². The van der Waals surface area contributed by atoms with Crippen molar-refractivity contribution in [3.8, 4) is 11.4 Å². The largest absolute Gasteiger partial charge is 0.481 e. The fourth-order valence-corrected chi connectivity index (χ4v) is 3.25. The van der Waals surface area contributed by atoms with Crippen LogP contribution in [0.2, 0.25) is 5.02 Å². The van der Waals surface area contributed by atoms with Crippen LogP contribution in [0.1, 0.15) is 0 Å². The van der Waals surface area contributed by atoms with E-state index in [4.69, 9.17) is 16.7 Å². The van der Waals surface area contributed by atoms with Gasteiger partial charge in [0.1, 0.15) is 10.4 Å². The van der Waals surface area contributed by atoms with Crippen LogP contribution < -0.4 is 11.2 Å². The Morgan fingerprint density at radius 3 is 2.42 bits per heavy atom. The monoisotopic (exact) mass is 392 g/mol. The number of hydrogen-bond donors (Lipinski definition) is 1. The number of halogens is 1. The van der Waals surface area contributed by atoms with Gasteiger partial charge in [0, 0.05) is 24.7 Å². The summed E-state index contributed by atoms with van der Waals surface area (Å²) in [6.07, 6.45) is 0. The minimum Gasteiger partial charge on any atom is -0.481 e. The molecule has 0 atom stereocenters. The van der Waals surface area contributed by atoms with E-state index in [0.717, 1.165) is 16.3 Å². The molecule has 2 aromatic heterocycles. The first-order chi connectivity index (χ1) is 12.3. The van der Waals surface area contributed by atoms with Crippen molar-refractivity contribution < 1.29 is 9.90 Å². The van der Waals surface area contributed by atoms with Gasteiger partial charge in [0.05, 0.1) is 5.75 Å². The summed E-state index contributed by atoms with van der Waals surface area (Å²) < 4.78 is 2.18. The lowest BCUT2D eigenvalue weighted by molar-refractivity contribution is -0.133. The van der Waals surface area contributed by atoms with Gasteiger partial charge in [0.2, 0.25) is 0 Å². The first kappa shape index (κ1) is 18.2. The Hall–Kier alpha value is -2.65. The van der Waals surface area contributed by atoms with E-state index in [1.54, 1.807) is 24.3 Å². The molecule has 0 radical (unpaired) electrons. The predicted molar refractivity (Wildman–Crippen MR) is 98.8 cm³/mol. The Morgan fingerprint density at radius 1 is 1.15 bits per heavy atom. The van der Waals surface area contributed by atoms with E-state index in [1.165, 1.54) is 18.7 Å². The number of aromatic nitrogens is 4. The van der Waals surface area contributed by atoms with E-state index in [-0.39, 0.29) is 27.6 Å². The number of carboxylic acids is 1. The molecule has 0 spiro atoms. The van der Waals surface area contributed by atoms with E-state index in [0.29, 0.717) is 10.6 Å². The first-order valence-electron chi connectivity index (χ1n) is 7.38. The van der Waals surface area contributed by atoms with Crippen molar-refractivity contribution in [2.75, 3.05) is 5.75 Å². The Labute approximate surface area is 156 Å². The maximum atomic E-state index is 12.6. The molecule has 10 heteroatoms. The normalized spacial score (nSPS) is 11.0. The zero-order chi connectivity index (χ0) is 19.0. The van der Waals surface area contributed by atoms with Crippen molar-refractivity contribution >= 4 is 40.4 Å².